The quantitative estimate of drug-likeness (QED) is 0.711. The van der Waals surface area contributed by atoms with Crippen LogP contribution in [0.15, 0.2) is 42.7 Å². The molecule has 6 heteroatoms. The first-order valence-corrected chi connectivity index (χ1v) is 8.44. The molecule has 0 unspecified atom stereocenters. The second-order valence-electron chi connectivity index (χ2n) is 4.52. The van der Waals surface area contributed by atoms with E-state index in [1.165, 1.54) is 15.5 Å². The van der Waals surface area contributed by atoms with Gasteiger partial charge in [-0.1, -0.05) is 24.3 Å². The molecule has 2 N–H and O–H groups in total. The van der Waals surface area contributed by atoms with E-state index in [1.807, 2.05) is 36.4 Å². The minimum absolute atomic E-state index is 0.0168. The van der Waals surface area contributed by atoms with Crippen LogP contribution >= 0.6 is 34.5 Å². The van der Waals surface area contributed by atoms with Crippen molar-refractivity contribution in [2.45, 2.75) is 18.3 Å². The van der Waals surface area contributed by atoms with Crippen molar-refractivity contribution in [2.24, 2.45) is 0 Å². The number of aliphatic hydroxyl groups excluding tert-OH is 2. The number of hydrogen-bond acceptors (Lipinski definition) is 4. The van der Waals surface area contributed by atoms with Gasteiger partial charge in [-0.05, 0) is 59.2 Å². The first-order valence-electron chi connectivity index (χ1n) is 6.53. The Kier molecular flexibility index (Phi) is 6.28. The molecule has 21 heavy (non-hydrogen) atoms. The molecule has 1 heterocycles. The molecule has 0 aliphatic rings. The van der Waals surface area contributed by atoms with E-state index in [0.29, 0.717) is 5.82 Å². The highest BCUT2D eigenvalue weighted by molar-refractivity contribution is 14.1. The summed E-state index contributed by atoms with van der Waals surface area (Å²) in [4.78, 5) is 4.12. The molecule has 1 aromatic heterocycles. The van der Waals surface area contributed by atoms with Gasteiger partial charge in [-0.2, -0.15) is 0 Å². The predicted molar refractivity (Wildman–Crippen MR) is 94.9 cm³/mol. The molecule has 2 atom stereocenters. The van der Waals surface area contributed by atoms with Crippen LogP contribution in [0.4, 0.5) is 0 Å². The van der Waals surface area contributed by atoms with Crippen molar-refractivity contribution < 1.29 is 10.2 Å². The molecule has 0 aliphatic carbocycles. The molecule has 2 aromatic rings. The van der Waals surface area contributed by atoms with E-state index in [4.69, 9.17) is 0 Å². The lowest BCUT2D eigenvalue weighted by Gasteiger charge is -2.13. The summed E-state index contributed by atoms with van der Waals surface area (Å²) < 4.78 is 2.99. The van der Waals surface area contributed by atoms with E-state index < -0.39 is 6.10 Å². The number of nitrogens with zero attached hydrogens (tertiary/aromatic N) is 2. The number of aromatic nitrogens is 2. The normalized spacial score (nSPS) is 14.5. The largest absolute Gasteiger partial charge is 0.395 e. The first kappa shape index (κ1) is 16.5. The van der Waals surface area contributed by atoms with Crippen LogP contribution in [0.1, 0.15) is 24.4 Å². The van der Waals surface area contributed by atoms with Gasteiger partial charge in [0.15, 0.2) is 0 Å². The molecular formula is C15H17IN2O2S. The maximum Gasteiger partial charge on any atom is 0.147 e. The fourth-order valence-corrected chi connectivity index (χ4v) is 3.05. The number of imidazole rings is 1. The smallest absolute Gasteiger partial charge is 0.147 e. The van der Waals surface area contributed by atoms with Gasteiger partial charge in [0.2, 0.25) is 0 Å². The standard InChI is InChI=1S/C15H17IN2O2S/c1-11(20)15-17-8-9-18(15)21-14(10-19)7-4-12-2-5-13(16)6-3-12/h2-9,11,14,19-20H,10H2,1H3/b7-4+/t11-,14-/m0/s1. The summed E-state index contributed by atoms with van der Waals surface area (Å²) >= 11 is 3.70. The second kappa shape index (κ2) is 7.98. The molecule has 0 aliphatic heterocycles. The molecule has 2 rings (SSSR count). The Balaban J connectivity index is 2.06. The van der Waals surface area contributed by atoms with Gasteiger partial charge in [0.1, 0.15) is 11.9 Å². The van der Waals surface area contributed by atoms with Crippen molar-refractivity contribution in [1.82, 2.24) is 8.96 Å². The number of benzene rings is 1. The van der Waals surface area contributed by atoms with Crippen LogP contribution in [0.5, 0.6) is 0 Å². The zero-order chi connectivity index (χ0) is 15.2. The molecule has 0 fully saturated rings. The van der Waals surface area contributed by atoms with Gasteiger partial charge in [0.05, 0.1) is 11.9 Å². The van der Waals surface area contributed by atoms with Gasteiger partial charge in [0, 0.05) is 16.0 Å². The van der Waals surface area contributed by atoms with Crippen molar-refractivity contribution in [1.29, 1.82) is 0 Å². The molecule has 112 valence electrons. The van der Waals surface area contributed by atoms with Crippen LogP contribution in [0.3, 0.4) is 0 Å². The van der Waals surface area contributed by atoms with E-state index in [2.05, 4.69) is 27.6 Å². The lowest BCUT2D eigenvalue weighted by atomic mass is 10.2. The van der Waals surface area contributed by atoms with E-state index in [0.717, 1.165) is 5.56 Å². The van der Waals surface area contributed by atoms with Crippen LogP contribution in [-0.2, 0) is 0 Å². The summed E-state index contributed by atoms with van der Waals surface area (Å²) in [5.41, 5.74) is 1.09. The number of aliphatic hydroxyl groups is 2. The zero-order valence-electron chi connectivity index (χ0n) is 11.6. The number of halogens is 1. The molecule has 0 saturated heterocycles. The summed E-state index contributed by atoms with van der Waals surface area (Å²) in [5.74, 6) is 0.584. The maximum atomic E-state index is 9.64. The Morgan fingerprint density at radius 3 is 2.71 bits per heavy atom. The highest BCUT2D eigenvalue weighted by Crippen LogP contribution is 2.21. The topological polar surface area (TPSA) is 58.3 Å². The molecule has 0 bridgehead atoms. The third-order valence-corrected chi connectivity index (χ3v) is 4.64. The Labute approximate surface area is 142 Å². The van der Waals surface area contributed by atoms with Gasteiger partial charge in [-0.15, -0.1) is 0 Å². The highest BCUT2D eigenvalue weighted by atomic mass is 127. The molecule has 0 saturated carbocycles. The van der Waals surface area contributed by atoms with Crippen LogP contribution < -0.4 is 0 Å². The van der Waals surface area contributed by atoms with Crippen LogP contribution in [0.25, 0.3) is 6.08 Å². The lowest BCUT2D eigenvalue weighted by Crippen LogP contribution is -2.10. The van der Waals surface area contributed by atoms with Gasteiger partial charge >= 0.3 is 0 Å². The average molecular weight is 416 g/mol. The third-order valence-electron chi connectivity index (χ3n) is 2.81. The molecule has 0 spiro atoms. The summed E-state index contributed by atoms with van der Waals surface area (Å²) in [6.07, 6.45) is 6.74. The zero-order valence-corrected chi connectivity index (χ0v) is 14.5. The Morgan fingerprint density at radius 2 is 2.10 bits per heavy atom. The van der Waals surface area contributed by atoms with Gasteiger partial charge in [0.25, 0.3) is 0 Å². The minimum atomic E-state index is -0.632. The summed E-state index contributed by atoms with van der Waals surface area (Å²) in [5, 5.41) is 19.0. The second-order valence-corrected chi connectivity index (χ2v) is 6.98. The van der Waals surface area contributed by atoms with Crippen LogP contribution in [-0.4, -0.2) is 31.0 Å². The van der Waals surface area contributed by atoms with Crippen molar-refractivity contribution in [2.75, 3.05) is 6.61 Å². The first-order chi connectivity index (χ1) is 10.1. The minimum Gasteiger partial charge on any atom is -0.395 e. The number of hydrogen-bond donors (Lipinski definition) is 2. The number of rotatable bonds is 6. The fourth-order valence-electron chi connectivity index (χ4n) is 1.75. The molecule has 0 amide bonds. The molecule has 1 aromatic carbocycles. The Hall–Kier alpha value is -0.830. The predicted octanol–water partition coefficient (Wildman–Crippen LogP) is 3.11. The Bertz CT molecular complexity index is 596. The van der Waals surface area contributed by atoms with E-state index in [-0.39, 0.29) is 11.9 Å². The summed E-state index contributed by atoms with van der Waals surface area (Å²) in [6, 6.07) is 8.16. The van der Waals surface area contributed by atoms with Crippen molar-refractivity contribution in [3.63, 3.8) is 0 Å². The fraction of sp³-hybridized carbons (Fsp3) is 0.267. The summed E-state index contributed by atoms with van der Waals surface area (Å²) in [6.45, 7) is 1.69. The van der Waals surface area contributed by atoms with E-state index >= 15 is 0 Å². The van der Waals surface area contributed by atoms with Gasteiger partial charge < -0.3 is 10.2 Å². The average Bonchev–Trinajstić information content (AvgIpc) is 2.93. The SMILES string of the molecule is C[C@H](O)c1nccn1S[C@@H](/C=C/c1ccc(I)cc1)CO. The van der Waals surface area contributed by atoms with Crippen LogP contribution in [0, 0.1) is 3.57 Å². The monoisotopic (exact) mass is 416 g/mol. The molecule has 0 radical (unpaired) electrons. The van der Waals surface area contributed by atoms with Crippen LogP contribution in [0.2, 0.25) is 0 Å². The Morgan fingerprint density at radius 1 is 1.38 bits per heavy atom. The maximum absolute atomic E-state index is 9.64. The highest BCUT2D eigenvalue weighted by Gasteiger charge is 2.12. The van der Waals surface area contributed by atoms with Crippen molar-refractivity contribution in [3.05, 3.63) is 57.7 Å². The molecular weight excluding hydrogens is 399 g/mol. The third kappa shape index (κ3) is 4.84. The van der Waals surface area contributed by atoms with E-state index in [9.17, 15) is 10.2 Å². The van der Waals surface area contributed by atoms with Gasteiger partial charge in [-0.25, -0.2) is 4.98 Å². The van der Waals surface area contributed by atoms with Crippen molar-refractivity contribution >= 4 is 40.6 Å². The van der Waals surface area contributed by atoms with E-state index in [1.54, 1.807) is 23.3 Å². The van der Waals surface area contributed by atoms with Gasteiger partial charge in [-0.3, -0.25) is 3.97 Å². The lowest BCUT2D eigenvalue weighted by molar-refractivity contribution is 0.189. The van der Waals surface area contributed by atoms with Crippen molar-refractivity contribution in [3.8, 4) is 0 Å². The summed E-state index contributed by atoms with van der Waals surface area (Å²) in [7, 11) is 0. The molecule has 4 nitrogen and oxygen atoms in total.